The van der Waals surface area contributed by atoms with E-state index in [9.17, 15) is 9.59 Å². The van der Waals surface area contributed by atoms with Crippen molar-refractivity contribution in [3.05, 3.63) is 40.4 Å². The van der Waals surface area contributed by atoms with Crippen molar-refractivity contribution in [2.45, 2.75) is 38.2 Å². The molecule has 1 aliphatic rings. The molecule has 0 bridgehead atoms. The monoisotopic (exact) mass is 316 g/mol. The topological polar surface area (TPSA) is 81.3 Å². The summed E-state index contributed by atoms with van der Waals surface area (Å²) in [4.78, 5) is 30.8. The summed E-state index contributed by atoms with van der Waals surface area (Å²) in [7, 11) is 0. The molecule has 2 aromatic rings. The fourth-order valence-electron chi connectivity index (χ4n) is 2.67. The quantitative estimate of drug-likeness (QED) is 0.853. The highest BCUT2D eigenvalue weighted by molar-refractivity contribution is 5.77. The minimum atomic E-state index is -0.296. The number of hydrogen-bond acceptors (Lipinski definition) is 5. The Labute approximate surface area is 133 Å². The summed E-state index contributed by atoms with van der Waals surface area (Å²) in [5, 5.41) is 0.549. The van der Waals surface area contributed by atoms with Gasteiger partial charge in [0.05, 0.1) is 23.4 Å². The van der Waals surface area contributed by atoms with Crippen molar-refractivity contribution >= 4 is 16.9 Å². The van der Waals surface area contributed by atoms with Crippen LogP contribution in [0.3, 0.4) is 0 Å². The van der Waals surface area contributed by atoms with E-state index < -0.39 is 0 Å². The summed E-state index contributed by atoms with van der Waals surface area (Å²) in [6.07, 6.45) is 3.69. The van der Waals surface area contributed by atoms with Crippen LogP contribution in [-0.4, -0.2) is 35.3 Å². The highest BCUT2D eigenvalue weighted by Crippen LogP contribution is 2.13. The summed E-state index contributed by atoms with van der Waals surface area (Å²) in [6.45, 7) is 1.05. The molecule has 1 saturated heterocycles. The van der Waals surface area contributed by atoms with Crippen LogP contribution in [0.2, 0.25) is 0 Å². The number of benzene rings is 1. The summed E-state index contributed by atoms with van der Waals surface area (Å²) in [5.74, 6) is 0.203. The number of hydrogen-bond donors (Lipinski definition) is 1. The highest BCUT2D eigenvalue weighted by Gasteiger charge is 2.16. The van der Waals surface area contributed by atoms with Crippen LogP contribution in [0.4, 0.5) is 0 Å². The van der Waals surface area contributed by atoms with Gasteiger partial charge in [0.2, 0.25) is 0 Å². The SMILES string of the molecule is O=C(CCc1nc2ccccc2c(=O)[nH]1)OCC1CCCCO1. The number of aromatic amines is 1. The summed E-state index contributed by atoms with van der Waals surface area (Å²) >= 11 is 0. The van der Waals surface area contributed by atoms with E-state index in [1.165, 1.54) is 0 Å². The second-order valence-corrected chi connectivity index (χ2v) is 5.70. The second-order valence-electron chi connectivity index (χ2n) is 5.70. The third-order valence-electron chi connectivity index (χ3n) is 3.93. The predicted octanol–water partition coefficient (Wildman–Crippen LogP) is 1.97. The van der Waals surface area contributed by atoms with Crippen LogP contribution in [0.1, 0.15) is 31.5 Å². The summed E-state index contributed by atoms with van der Waals surface area (Å²) in [5.41, 5.74) is 0.449. The molecule has 3 rings (SSSR count). The Morgan fingerprint density at radius 1 is 1.35 bits per heavy atom. The van der Waals surface area contributed by atoms with E-state index in [-0.39, 0.29) is 24.1 Å². The van der Waals surface area contributed by atoms with Gasteiger partial charge >= 0.3 is 5.97 Å². The molecule has 6 nitrogen and oxygen atoms in total. The van der Waals surface area contributed by atoms with Crippen LogP contribution >= 0.6 is 0 Å². The van der Waals surface area contributed by atoms with Gasteiger partial charge in [-0.05, 0) is 31.4 Å². The van der Waals surface area contributed by atoms with Gasteiger partial charge in [0.15, 0.2) is 0 Å². The third kappa shape index (κ3) is 4.16. The Kier molecular flexibility index (Phi) is 5.02. The van der Waals surface area contributed by atoms with Gasteiger partial charge in [0.1, 0.15) is 12.4 Å². The number of rotatable bonds is 5. The third-order valence-corrected chi connectivity index (χ3v) is 3.93. The van der Waals surface area contributed by atoms with E-state index in [0.29, 0.717) is 29.8 Å². The average Bonchev–Trinajstić information content (AvgIpc) is 2.59. The van der Waals surface area contributed by atoms with E-state index in [1.54, 1.807) is 18.2 Å². The molecule has 1 unspecified atom stereocenters. The fraction of sp³-hybridized carbons (Fsp3) is 0.471. The molecular weight excluding hydrogens is 296 g/mol. The van der Waals surface area contributed by atoms with Gasteiger partial charge in [-0.1, -0.05) is 12.1 Å². The van der Waals surface area contributed by atoms with E-state index >= 15 is 0 Å². The average molecular weight is 316 g/mol. The van der Waals surface area contributed by atoms with Gasteiger partial charge in [-0.25, -0.2) is 4.98 Å². The Morgan fingerprint density at radius 3 is 3.04 bits per heavy atom. The molecule has 1 fully saturated rings. The van der Waals surface area contributed by atoms with Gasteiger partial charge in [0, 0.05) is 13.0 Å². The van der Waals surface area contributed by atoms with E-state index in [2.05, 4.69) is 9.97 Å². The number of para-hydroxylation sites is 1. The molecule has 1 aliphatic heterocycles. The number of esters is 1. The van der Waals surface area contributed by atoms with Crippen molar-refractivity contribution in [3.8, 4) is 0 Å². The lowest BCUT2D eigenvalue weighted by atomic mass is 10.1. The highest BCUT2D eigenvalue weighted by atomic mass is 16.6. The number of carbonyl (C=O) groups excluding carboxylic acids is 1. The van der Waals surface area contributed by atoms with Crippen molar-refractivity contribution in [1.82, 2.24) is 9.97 Å². The number of H-pyrrole nitrogens is 1. The van der Waals surface area contributed by atoms with E-state index in [0.717, 1.165) is 25.9 Å². The van der Waals surface area contributed by atoms with Crippen molar-refractivity contribution in [1.29, 1.82) is 0 Å². The van der Waals surface area contributed by atoms with Crippen LogP contribution in [-0.2, 0) is 20.7 Å². The van der Waals surface area contributed by atoms with Crippen molar-refractivity contribution in [2.24, 2.45) is 0 Å². The molecular formula is C17H20N2O4. The summed E-state index contributed by atoms with van der Waals surface area (Å²) < 4.78 is 10.8. The van der Waals surface area contributed by atoms with Crippen molar-refractivity contribution in [3.63, 3.8) is 0 Å². The lowest BCUT2D eigenvalue weighted by molar-refractivity contribution is -0.149. The lowest BCUT2D eigenvalue weighted by Crippen LogP contribution is -2.26. The number of nitrogens with zero attached hydrogens (tertiary/aromatic N) is 1. The lowest BCUT2D eigenvalue weighted by Gasteiger charge is -2.22. The minimum Gasteiger partial charge on any atom is -0.463 e. The maximum Gasteiger partial charge on any atom is 0.306 e. The normalized spacial score (nSPS) is 18.0. The van der Waals surface area contributed by atoms with Gasteiger partial charge in [0.25, 0.3) is 5.56 Å². The number of ether oxygens (including phenoxy) is 2. The smallest absolute Gasteiger partial charge is 0.306 e. The molecule has 6 heteroatoms. The van der Waals surface area contributed by atoms with Gasteiger partial charge in [-0.15, -0.1) is 0 Å². The largest absolute Gasteiger partial charge is 0.463 e. The maximum atomic E-state index is 11.9. The minimum absolute atomic E-state index is 0.0197. The molecule has 2 heterocycles. The number of aromatic nitrogens is 2. The van der Waals surface area contributed by atoms with Crippen LogP contribution in [0.25, 0.3) is 10.9 Å². The first-order valence-electron chi connectivity index (χ1n) is 7.97. The van der Waals surface area contributed by atoms with Gasteiger partial charge < -0.3 is 14.5 Å². The zero-order valence-electron chi connectivity index (χ0n) is 12.9. The first kappa shape index (κ1) is 15.7. The zero-order valence-corrected chi connectivity index (χ0v) is 12.9. The van der Waals surface area contributed by atoms with Crippen LogP contribution in [0.15, 0.2) is 29.1 Å². The first-order chi connectivity index (χ1) is 11.2. The molecule has 0 saturated carbocycles. The maximum absolute atomic E-state index is 11.9. The van der Waals surface area contributed by atoms with Crippen molar-refractivity contribution in [2.75, 3.05) is 13.2 Å². The van der Waals surface area contributed by atoms with Gasteiger partial charge in [-0.2, -0.15) is 0 Å². The number of fused-ring (bicyclic) bond motifs is 1. The molecule has 1 N–H and O–H groups in total. The number of carbonyl (C=O) groups is 1. The van der Waals surface area contributed by atoms with Crippen molar-refractivity contribution < 1.29 is 14.3 Å². The summed E-state index contributed by atoms with van der Waals surface area (Å²) in [6, 6.07) is 7.14. The molecule has 0 spiro atoms. The Balaban J connectivity index is 1.53. The Morgan fingerprint density at radius 2 is 2.22 bits per heavy atom. The zero-order chi connectivity index (χ0) is 16.1. The van der Waals surface area contributed by atoms with E-state index in [4.69, 9.17) is 9.47 Å². The van der Waals surface area contributed by atoms with E-state index in [1.807, 2.05) is 6.07 Å². The fourth-order valence-corrected chi connectivity index (χ4v) is 2.67. The molecule has 0 amide bonds. The Hall–Kier alpha value is -2.21. The number of aryl methyl sites for hydroxylation is 1. The standard InChI is InChI=1S/C17H20N2O4/c20-16(23-11-12-5-3-4-10-22-12)9-8-15-18-14-7-2-1-6-13(14)17(21)19-15/h1-2,6-7,12H,3-5,8-11H2,(H,18,19,21). The van der Waals surface area contributed by atoms with Gasteiger partial charge in [-0.3, -0.25) is 9.59 Å². The second kappa shape index (κ2) is 7.37. The molecule has 0 radical (unpaired) electrons. The number of nitrogens with one attached hydrogen (secondary N) is 1. The van der Waals surface area contributed by atoms with Crippen LogP contribution < -0.4 is 5.56 Å². The predicted molar refractivity (Wildman–Crippen MR) is 85.2 cm³/mol. The Bertz CT molecular complexity index is 735. The van der Waals surface area contributed by atoms with Crippen LogP contribution in [0, 0.1) is 0 Å². The molecule has 1 aromatic heterocycles. The first-order valence-corrected chi connectivity index (χ1v) is 7.97. The molecule has 122 valence electrons. The molecule has 0 aliphatic carbocycles. The molecule has 1 aromatic carbocycles. The molecule has 23 heavy (non-hydrogen) atoms. The molecule has 1 atom stereocenters. The van der Waals surface area contributed by atoms with Crippen LogP contribution in [0.5, 0.6) is 0 Å².